The van der Waals surface area contributed by atoms with Crippen LogP contribution in [-0.4, -0.2) is 55.2 Å². The first kappa shape index (κ1) is 28.7. The van der Waals surface area contributed by atoms with Crippen LogP contribution < -0.4 is 10.5 Å². The highest BCUT2D eigenvalue weighted by Crippen LogP contribution is 2.47. The molecule has 1 saturated heterocycles. The Morgan fingerprint density at radius 3 is 2.17 bits per heavy atom. The number of likely N-dealkylation sites (N-methyl/N-ethyl adjacent to an activating group) is 1. The molecular formula is C32H43BN2O5. The van der Waals surface area contributed by atoms with Crippen molar-refractivity contribution < 1.29 is 23.6 Å². The maximum Gasteiger partial charge on any atom is 0.512 e. The zero-order valence-electron chi connectivity index (χ0n) is 25.9. The highest BCUT2D eigenvalue weighted by atomic mass is 16.7. The van der Waals surface area contributed by atoms with Crippen LogP contribution in [0, 0.1) is 13.8 Å². The molecule has 2 aliphatic rings. The lowest BCUT2D eigenvalue weighted by Gasteiger charge is -2.34. The number of benzene rings is 2. The number of anilines is 1. The van der Waals surface area contributed by atoms with Crippen LogP contribution >= 0.6 is 0 Å². The largest absolute Gasteiger partial charge is 0.512 e. The fraction of sp³-hybridized carbons (Fsp3) is 0.531. The molecule has 2 aliphatic heterocycles. The van der Waals surface area contributed by atoms with Gasteiger partial charge in [-0.15, -0.1) is 0 Å². The first-order chi connectivity index (χ1) is 18.6. The number of aryl methyl sites for hydroxylation is 1. The van der Waals surface area contributed by atoms with Crippen LogP contribution in [0.15, 0.2) is 30.3 Å². The standard InChI is InChI=1S/C32H43BN2O5/c1-19-12-14-21(15-13-19)25-22-18-23(33-39-31(6,7)32(8,9)40-33)35-17-16-34(10)26(27(22)35)20(2)24(25)28(29(36)37-11)38-30(3,4)5/h12-15,18,28H,16-17H2,1-11H3/t28-/m0/s1. The topological polar surface area (TPSA) is 62.2 Å². The highest BCUT2D eigenvalue weighted by Gasteiger charge is 2.53. The van der Waals surface area contributed by atoms with Gasteiger partial charge in [-0.3, -0.25) is 0 Å². The van der Waals surface area contributed by atoms with Gasteiger partial charge >= 0.3 is 13.1 Å². The molecule has 7 nitrogen and oxygen atoms in total. The van der Waals surface area contributed by atoms with E-state index >= 15 is 0 Å². The van der Waals surface area contributed by atoms with Crippen LogP contribution in [0.5, 0.6) is 0 Å². The number of hydrogen-bond donors (Lipinski definition) is 0. The van der Waals surface area contributed by atoms with Gasteiger partial charge in [-0.2, -0.15) is 0 Å². The van der Waals surface area contributed by atoms with Crippen LogP contribution in [0.25, 0.3) is 22.0 Å². The normalized spacial score (nSPS) is 18.9. The van der Waals surface area contributed by atoms with Crippen LogP contribution in [0.3, 0.4) is 0 Å². The van der Waals surface area contributed by atoms with Crippen LogP contribution in [0.2, 0.25) is 0 Å². The maximum atomic E-state index is 13.4. The van der Waals surface area contributed by atoms with E-state index in [-0.39, 0.29) is 0 Å². The summed E-state index contributed by atoms with van der Waals surface area (Å²) >= 11 is 0. The Labute approximate surface area is 238 Å². The minimum Gasteiger partial charge on any atom is -0.467 e. The van der Waals surface area contributed by atoms with Crippen LogP contribution in [-0.2, 0) is 30.1 Å². The summed E-state index contributed by atoms with van der Waals surface area (Å²) in [4.78, 5) is 15.7. The van der Waals surface area contributed by atoms with Gasteiger partial charge in [0.15, 0.2) is 6.10 Å². The lowest BCUT2D eigenvalue weighted by molar-refractivity contribution is -0.164. The van der Waals surface area contributed by atoms with Crippen LogP contribution in [0.4, 0.5) is 5.69 Å². The summed E-state index contributed by atoms with van der Waals surface area (Å²) in [7, 11) is 3.02. The summed E-state index contributed by atoms with van der Waals surface area (Å²) in [6, 6.07) is 10.7. The van der Waals surface area contributed by atoms with Gasteiger partial charge in [-0.1, -0.05) is 29.8 Å². The fourth-order valence-corrected chi connectivity index (χ4v) is 5.93. The summed E-state index contributed by atoms with van der Waals surface area (Å²) in [6.45, 7) is 20.0. The molecule has 2 aromatic carbocycles. The zero-order chi connectivity index (χ0) is 29.4. The Balaban J connectivity index is 1.88. The number of carbonyl (C=O) groups is 1. The number of carbonyl (C=O) groups excluding carboxylic acids is 1. The lowest BCUT2D eigenvalue weighted by atomic mass is 9.83. The van der Waals surface area contributed by atoms with Crippen molar-refractivity contribution in [3.05, 3.63) is 47.0 Å². The van der Waals surface area contributed by atoms with Gasteiger partial charge in [0.1, 0.15) is 0 Å². The molecule has 0 amide bonds. The third-order valence-electron chi connectivity index (χ3n) is 8.68. The van der Waals surface area contributed by atoms with Gasteiger partial charge in [-0.25, -0.2) is 4.79 Å². The second-order valence-corrected chi connectivity index (χ2v) is 13.3. The summed E-state index contributed by atoms with van der Waals surface area (Å²) in [5, 5.41) is 1.04. The molecule has 0 N–H and O–H groups in total. The van der Waals surface area contributed by atoms with Gasteiger partial charge in [-0.05, 0) is 85.1 Å². The van der Waals surface area contributed by atoms with E-state index in [0.717, 1.165) is 57.5 Å². The van der Waals surface area contributed by atoms with Crippen LogP contribution in [0.1, 0.15) is 71.3 Å². The molecule has 5 rings (SSSR count). The van der Waals surface area contributed by atoms with Crippen molar-refractivity contribution in [3.8, 4) is 11.1 Å². The van der Waals surface area contributed by atoms with E-state index in [1.165, 1.54) is 12.7 Å². The summed E-state index contributed by atoms with van der Waals surface area (Å²) in [5.74, 6) is -0.415. The Hall–Kier alpha value is -2.81. The summed E-state index contributed by atoms with van der Waals surface area (Å²) < 4.78 is 27.3. The number of ether oxygens (including phenoxy) is 2. The SMILES string of the molecule is COC(=O)[C@@H](OC(C)(C)C)c1c(C)c2c3c(cc(B4OC(C)(C)C(C)(C)O4)n3CCN2C)c1-c1ccc(C)cc1. The van der Waals surface area contributed by atoms with E-state index in [9.17, 15) is 4.79 Å². The molecule has 0 aliphatic carbocycles. The molecule has 1 atom stereocenters. The Morgan fingerprint density at radius 1 is 1.02 bits per heavy atom. The summed E-state index contributed by atoms with van der Waals surface area (Å²) in [6.07, 6.45) is -0.902. The number of rotatable bonds is 5. The van der Waals surface area contributed by atoms with Crippen molar-refractivity contribution in [2.75, 3.05) is 25.6 Å². The monoisotopic (exact) mass is 546 g/mol. The second kappa shape index (κ2) is 9.64. The third-order valence-corrected chi connectivity index (χ3v) is 8.68. The molecule has 3 heterocycles. The predicted molar refractivity (Wildman–Crippen MR) is 161 cm³/mol. The van der Waals surface area contributed by atoms with E-state index in [2.05, 4.69) is 88.4 Å². The van der Waals surface area contributed by atoms with Crippen molar-refractivity contribution in [1.29, 1.82) is 0 Å². The maximum absolute atomic E-state index is 13.4. The van der Waals surface area contributed by atoms with E-state index < -0.39 is 36.0 Å². The van der Waals surface area contributed by atoms with Crippen molar-refractivity contribution in [2.24, 2.45) is 0 Å². The van der Waals surface area contributed by atoms with Crippen molar-refractivity contribution in [3.63, 3.8) is 0 Å². The smallest absolute Gasteiger partial charge is 0.467 e. The van der Waals surface area contributed by atoms with E-state index in [4.69, 9.17) is 18.8 Å². The highest BCUT2D eigenvalue weighted by molar-refractivity contribution is 6.62. The first-order valence-corrected chi connectivity index (χ1v) is 14.2. The zero-order valence-corrected chi connectivity index (χ0v) is 25.9. The minimum atomic E-state index is -0.902. The molecule has 0 unspecified atom stereocenters. The molecule has 3 aromatic rings. The van der Waals surface area contributed by atoms with Gasteiger partial charge in [0.2, 0.25) is 0 Å². The van der Waals surface area contributed by atoms with Gasteiger partial charge in [0, 0.05) is 36.7 Å². The average Bonchev–Trinajstić information content (AvgIpc) is 3.33. The molecule has 0 bridgehead atoms. The quantitative estimate of drug-likeness (QED) is 0.302. The molecular weight excluding hydrogens is 503 g/mol. The molecule has 1 fully saturated rings. The third kappa shape index (κ3) is 4.64. The Kier molecular flexibility index (Phi) is 6.92. The average molecular weight is 547 g/mol. The van der Waals surface area contributed by atoms with Crippen molar-refractivity contribution >= 4 is 35.3 Å². The molecule has 0 spiro atoms. The Bertz CT molecular complexity index is 1450. The predicted octanol–water partition coefficient (Wildman–Crippen LogP) is 5.70. The molecule has 214 valence electrons. The number of esters is 1. The molecule has 0 saturated carbocycles. The van der Waals surface area contributed by atoms with Gasteiger partial charge in [0.05, 0.1) is 35.1 Å². The van der Waals surface area contributed by atoms with E-state index in [0.29, 0.717) is 0 Å². The van der Waals surface area contributed by atoms with E-state index in [1.807, 2.05) is 20.8 Å². The molecule has 0 radical (unpaired) electrons. The number of methoxy groups -OCH3 is 1. The number of hydrogen-bond acceptors (Lipinski definition) is 6. The molecule has 8 heteroatoms. The summed E-state index contributed by atoms with van der Waals surface area (Å²) in [5.41, 5.74) is 6.70. The van der Waals surface area contributed by atoms with Crippen molar-refractivity contribution in [2.45, 2.75) is 91.8 Å². The molecule has 1 aromatic heterocycles. The number of aromatic nitrogens is 1. The van der Waals surface area contributed by atoms with Gasteiger partial charge in [0.25, 0.3) is 0 Å². The van der Waals surface area contributed by atoms with E-state index in [1.54, 1.807) is 0 Å². The fourth-order valence-electron chi connectivity index (χ4n) is 5.93. The lowest BCUT2D eigenvalue weighted by Crippen LogP contribution is -2.42. The first-order valence-electron chi connectivity index (χ1n) is 14.2. The second-order valence-electron chi connectivity index (χ2n) is 13.3. The molecule has 40 heavy (non-hydrogen) atoms. The minimum absolute atomic E-state index is 0.415. The Morgan fingerprint density at radius 2 is 1.62 bits per heavy atom. The van der Waals surface area contributed by atoms with Gasteiger partial charge < -0.3 is 28.2 Å². The van der Waals surface area contributed by atoms with Crippen molar-refractivity contribution in [1.82, 2.24) is 4.57 Å². The number of nitrogens with zero attached hydrogens (tertiary/aromatic N) is 2.